The molecule has 0 aliphatic rings. The summed E-state index contributed by atoms with van der Waals surface area (Å²) in [6.45, 7) is 1.85. The molecule has 11 nitrogen and oxygen atoms in total. The molecule has 3 rings (SSSR count). The second kappa shape index (κ2) is 13.1. The van der Waals surface area contributed by atoms with Gasteiger partial charge in [-0.1, -0.05) is 42.5 Å². The molecule has 0 fully saturated rings. The third kappa shape index (κ3) is 8.36. The maximum Gasteiger partial charge on any atom is 0.357 e. The lowest BCUT2D eigenvalue weighted by Crippen LogP contribution is -2.40. The molecule has 1 heterocycles. The lowest BCUT2D eigenvalue weighted by atomic mass is 9.97. The van der Waals surface area contributed by atoms with Crippen LogP contribution in [-0.4, -0.2) is 49.5 Å². The van der Waals surface area contributed by atoms with Crippen LogP contribution in [0.15, 0.2) is 60.0 Å². The minimum atomic E-state index is -4.43. The number of nitrogens with zero attached hydrogens (tertiary/aromatic N) is 1. The van der Waals surface area contributed by atoms with E-state index < -0.39 is 40.1 Å². The van der Waals surface area contributed by atoms with Crippen LogP contribution < -0.4 is 10.0 Å². The number of nitrogens with one attached hydrogen (secondary N) is 2. The number of benzene rings is 2. The topological polar surface area (TPSA) is 161 Å². The summed E-state index contributed by atoms with van der Waals surface area (Å²) in [6, 6.07) is 14.4. The van der Waals surface area contributed by atoms with Gasteiger partial charge in [-0.15, -0.1) is 11.3 Å². The molecule has 202 valence electrons. The Labute approximate surface area is 224 Å². The van der Waals surface area contributed by atoms with E-state index in [2.05, 4.69) is 10.3 Å². The molecule has 0 saturated heterocycles. The molecule has 0 spiro atoms. The smallest absolute Gasteiger partial charge is 0.357 e. The third-order valence-electron chi connectivity index (χ3n) is 5.35. The molecule has 3 N–H and O–H groups in total. The van der Waals surface area contributed by atoms with Crippen LogP contribution in [0, 0.1) is 5.92 Å². The average molecular weight is 562 g/mol. The standard InChI is InChI=1S/C25H27N3O8S2/c1-3-36-25(31)21-15-37-23(27-21)20(14-17-9-11-18(12-10-17)28-38(32,33)34)26-22(29)19(24(30)35-2)13-16-7-5-4-6-8-16/h4-12,15,19-20,28H,3,13-14H2,1-2H3,(H,26,29)(H,32,33,34)/t19-,20-/m0/s1. The second-order valence-corrected chi connectivity index (χ2v) is 10.1. The number of amides is 1. The maximum atomic E-state index is 13.3. The summed E-state index contributed by atoms with van der Waals surface area (Å²) in [5, 5.41) is 4.79. The summed E-state index contributed by atoms with van der Waals surface area (Å²) in [6.07, 6.45) is 0.320. The van der Waals surface area contributed by atoms with Crippen molar-refractivity contribution in [3.63, 3.8) is 0 Å². The fourth-order valence-corrected chi connectivity index (χ4v) is 4.86. The van der Waals surface area contributed by atoms with Gasteiger partial charge in [0.15, 0.2) is 5.69 Å². The van der Waals surface area contributed by atoms with Gasteiger partial charge < -0.3 is 14.8 Å². The fraction of sp³-hybridized carbons (Fsp3) is 0.280. The van der Waals surface area contributed by atoms with Crippen molar-refractivity contribution in [1.29, 1.82) is 0 Å². The second-order valence-electron chi connectivity index (χ2n) is 8.10. The Hall–Kier alpha value is -3.81. The van der Waals surface area contributed by atoms with E-state index in [4.69, 9.17) is 14.0 Å². The number of hydrogen-bond acceptors (Lipinski definition) is 9. The fourth-order valence-electron chi connectivity index (χ4n) is 3.59. The highest BCUT2D eigenvalue weighted by Crippen LogP contribution is 2.25. The number of anilines is 1. The molecule has 0 aliphatic heterocycles. The molecular formula is C25H27N3O8S2. The Morgan fingerprint density at radius 3 is 2.29 bits per heavy atom. The minimum absolute atomic E-state index is 0.0904. The van der Waals surface area contributed by atoms with Gasteiger partial charge in [0.2, 0.25) is 5.91 Å². The van der Waals surface area contributed by atoms with Gasteiger partial charge in [-0.25, -0.2) is 9.78 Å². The number of thiazole rings is 1. The van der Waals surface area contributed by atoms with E-state index in [1.807, 2.05) is 10.8 Å². The summed E-state index contributed by atoms with van der Waals surface area (Å²) in [7, 11) is -3.22. The van der Waals surface area contributed by atoms with E-state index in [1.165, 1.54) is 24.6 Å². The van der Waals surface area contributed by atoms with Crippen molar-refractivity contribution in [1.82, 2.24) is 10.3 Å². The minimum Gasteiger partial charge on any atom is -0.468 e. The predicted molar refractivity (Wildman–Crippen MR) is 140 cm³/mol. The molecule has 13 heteroatoms. The summed E-state index contributed by atoms with van der Waals surface area (Å²) in [5.41, 5.74) is 1.69. The first-order valence-corrected chi connectivity index (χ1v) is 13.8. The first-order chi connectivity index (χ1) is 18.1. The Morgan fingerprint density at radius 2 is 1.68 bits per heavy atom. The Morgan fingerprint density at radius 1 is 1.03 bits per heavy atom. The summed E-state index contributed by atoms with van der Waals surface area (Å²) < 4.78 is 42.9. The van der Waals surface area contributed by atoms with Crippen molar-refractivity contribution >= 4 is 45.2 Å². The molecule has 0 radical (unpaired) electrons. The van der Waals surface area contributed by atoms with E-state index in [0.29, 0.717) is 10.6 Å². The largest absolute Gasteiger partial charge is 0.468 e. The van der Waals surface area contributed by atoms with Crippen LogP contribution >= 0.6 is 11.3 Å². The molecule has 2 atom stereocenters. The Bertz CT molecular complexity index is 1360. The molecule has 1 aromatic heterocycles. The highest BCUT2D eigenvalue weighted by Gasteiger charge is 2.31. The van der Waals surface area contributed by atoms with Crippen LogP contribution in [0.1, 0.15) is 39.6 Å². The molecule has 0 aliphatic carbocycles. The van der Waals surface area contributed by atoms with Crippen molar-refractivity contribution < 1.29 is 36.8 Å². The highest BCUT2D eigenvalue weighted by molar-refractivity contribution is 7.87. The molecule has 0 unspecified atom stereocenters. The zero-order chi connectivity index (χ0) is 27.7. The van der Waals surface area contributed by atoms with E-state index in [1.54, 1.807) is 43.3 Å². The van der Waals surface area contributed by atoms with Gasteiger partial charge in [0.05, 0.1) is 25.4 Å². The molecule has 3 aromatic rings. The number of esters is 2. The number of rotatable bonds is 12. The summed E-state index contributed by atoms with van der Waals surface area (Å²) >= 11 is 1.15. The van der Waals surface area contributed by atoms with Crippen LogP contribution in [0.5, 0.6) is 0 Å². The lowest BCUT2D eigenvalue weighted by molar-refractivity contribution is -0.150. The first-order valence-electron chi connectivity index (χ1n) is 11.5. The molecule has 2 aromatic carbocycles. The van der Waals surface area contributed by atoms with Crippen LogP contribution in [0.3, 0.4) is 0 Å². The lowest BCUT2D eigenvalue weighted by Gasteiger charge is -2.21. The van der Waals surface area contributed by atoms with Crippen LogP contribution in [0.25, 0.3) is 0 Å². The number of carbonyl (C=O) groups excluding carboxylic acids is 3. The van der Waals surface area contributed by atoms with Crippen molar-refractivity contribution in [3.05, 3.63) is 81.8 Å². The number of aromatic nitrogens is 1. The van der Waals surface area contributed by atoms with Gasteiger partial charge >= 0.3 is 22.2 Å². The summed E-state index contributed by atoms with van der Waals surface area (Å²) in [4.78, 5) is 42.4. The highest BCUT2D eigenvalue weighted by atomic mass is 32.2. The molecule has 1 amide bonds. The van der Waals surface area contributed by atoms with Crippen LogP contribution in [0.4, 0.5) is 5.69 Å². The van der Waals surface area contributed by atoms with Crippen molar-refractivity contribution in [2.24, 2.45) is 5.92 Å². The summed E-state index contributed by atoms with van der Waals surface area (Å²) in [5.74, 6) is -3.01. The molecule has 38 heavy (non-hydrogen) atoms. The Balaban J connectivity index is 1.87. The predicted octanol–water partition coefficient (Wildman–Crippen LogP) is 2.97. The SMILES string of the molecule is CCOC(=O)c1csc([C@H](Cc2ccc(NS(=O)(=O)O)cc2)NC(=O)[C@H](Cc2ccccc2)C(=O)OC)n1. The quantitative estimate of drug-likeness (QED) is 0.171. The Kier molecular flexibility index (Phi) is 9.93. The van der Waals surface area contributed by atoms with Gasteiger partial charge in [0.1, 0.15) is 10.9 Å². The van der Waals surface area contributed by atoms with E-state index in [-0.39, 0.29) is 30.8 Å². The van der Waals surface area contributed by atoms with Crippen molar-refractivity contribution in [3.8, 4) is 0 Å². The zero-order valence-corrected chi connectivity index (χ0v) is 22.3. The zero-order valence-electron chi connectivity index (χ0n) is 20.6. The normalized spacial score (nSPS) is 12.7. The monoisotopic (exact) mass is 561 g/mol. The maximum absolute atomic E-state index is 13.3. The van der Waals surface area contributed by atoms with Gasteiger partial charge in [-0.2, -0.15) is 8.42 Å². The number of ether oxygens (including phenoxy) is 2. The molecule has 0 bridgehead atoms. The number of hydrogen-bond donors (Lipinski definition) is 3. The number of methoxy groups -OCH3 is 1. The van der Waals surface area contributed by atoms with E-state index in [0.717, 1.165) is 16.9 Å². The average Bonchev–Trinajstić information content (AvgIpc) is 3.38. The number of carbonyl (C=O) groups is 3. The van der Waals surface area contributed by atoms with Gasteiger partial charge in [0, 0.05) is 5.38 Å². The first kappa shape index (κ1) is 28.8. The third-order valence-corrected chi connectivity index (χ3v) is 6.80. The van der Waals surface area contributed by atoms with Gasteiger partial charge in [-0.05, 0) is 43.0 Å². The van der Waals surface area contributed by atoms with Gasteiger partial charge in [-0.3, -0.25) is 18.9 Å². The molecular weight excluding hydrogens is 534 g/mol. The van der Waals surface area contributed by atoms with Gasteiger partial charge in [0.25, 0.3) is 0 Å². The van der Waals surface area contributed by atoms with Crippen molar-refractivity contribution in [2.45, 2.75) is 25.8 Å². The van der Waals surface area contributed by atoms with Crippen LogP contribution in [0.2, 0.25) is 0 Å². The molecule has 0 saturated carbocycles. The van der Waals surface area contributed by atoms with E-state index in [9.17, 15) is 22.8 Å². The van der Waals surface area contributed by atoms with Crippen LogP contribution in [-0.2, 0) is 42.2 Å². The van der Waals surface area contributed by atoms with Crippen molar-refractivity contribution in [2.75, 3.05) is 18.4 Å². The van der Waals surface area contributed by atoms with E-state index >= 15 is 0 Å².